The van der Waals surface area contributed by atoms with Gasteiger partial charge in [0.2, 0.25) is 11.8 Å². The van der Waals surface area contributed by atoms with Crippen molar-refractivity contribution in [1.29, 1.82) is 0 Å². The van der Waals surface area contributed by atoms with Crippen molar-refractivity contribution < 1.29 is 22.7 Å². The van der Waals surface area contributed by atoms with Crippen LogP contribution in [0.3, 0.4) is 0 Å². The standard InChI is InChI=1S/C20H23F3N6O2/c1-11-16(18-28-14-9-24-6-4-15(14)31-18)17(27-13-3-2-12(8-13)10-30)29-19(26-11)25-7-5-20(21,22)23/h4,6,9,12-13,30H,2-3,5,7-8,10H2,1H3,(H2,25,26,27,29)/t12?,13-/m0/s1. The quantitative estimate of drug-likeness (QED) is 0.511. The van der Waals surface area contributed by atoms with Gasteiger partial charge in [-0.25, -0.2) is 9.97 Å². The molecule has 3 aromatic heterocycles. The Balaban J connectivity index is 1.66. The van der Waals surface area contributed by atoms with Gasteiger partial charge < -0.3 is 20.2 Å². The van der Waals surface area contributed by atoms with Crippen molar-refractivity contribution in [2.24, 2.45) is 5.92 Å². The minimum absolute atomic E-state index is 0.0688. The molecule has 0 spiro atoms. The minimum Gasteiger partial charge on any atom is -0.436 e. The van der Waals surface area contributed by atoms with Gasteiger partial charge in [-0.3, -0.25) is 4.98 Å². The summed E-state index contributed by atoms with van der Waals surface area (Å²) >= 11 is 0. The van der Waals surface area contributed by atoms with Crippen LogP contribution in [0.15, 0.2) is 22.9 Å². The summed E-state index contributed by atoms with van der Waals surface area (Å²) in [5, 5.41) is 15.4. The number of nitrogens with zero attached hydrogens (tertiary/aromatic N) is 4. The van der Waals surface area contributed by atoms with Crippen molar-refractivity contribution in [1.82, 2.24) is 19.9 Å². The summed E-state index contributed by atoms with van der Waals surface area (Å²) in [6.45, 7) is 1.53. The third-order valence-electron chi connectivity index (χ3n) is 5.33. The summed E-state index contributed by atoms with van der Waals surface area (Å²) in [6.07, 6.45) is 0.438. The topological polar surface area (TPSA) is 109 Å². The first-order valence-corrected chi connectivity index (χ1v) is 10.1. The maximum Gasteiger partial charge on any atom is 0.390 e. The van der Waals surface area contributed by atoms with Crippen LogP contribution in [0.1, 0.15) is 31.4 Å². The Morgan fingerprint density at radius 3 is 2.77 bits per heavy atom. The molecule has 1 fully saturated rings. The van der Waals surface area contributed by atoms with E-state index in [1.54, 1.807) is 25.4 Å². The molecule has 0 saturated heterocycles. The summed E-state index contributed by atoms with van der Waals surface area (Å²) in [5.74, 6) is 1.05. The van der Waals surface area contributed by atoms with Gasteiger partial charge in [0.25, 0.3) is 0 Å². The van der Waals surface area contributed by atoms with Gasteiger partial charge in [0.05, 0.1) is 18.3 Å². The molecular weight excluding hydrogens is 413 g/mol. The number of fused-ring (bicyclic) bond motifs is 1. The summed E-state index contributed by atoms with van der Waals surface area (Å²) in [6, 6.07) is 1.77. The van der Waals surface area contributed by atoms with Crippen LogP contribution < -0.4 is 10.6 Å². The van der Waals surface area contributed by atoms with Gasteiger partial charge in [-0.05, 0) is 32.1 Å². The van der Waals surface area contributed by atoms with Crippen LogP contribution in [0, 0.1) is 12.8 Å². The minimum atomic E-state index is -4.27. The van der Waals surface area contributed by atoms with E-state index < -0.39 is 12.6 Å². The van der Waals surface area contributed by atoms with Gasteiger partial charge in [-0.2, -0.15) is 18.2 Å². The Morgan fingerprint density at radius 2 is 2.06 bits per heavy atom. The molecule has 0 aliphatic heterocycles. The van der Waals surface area contributed by atoms with Crippen molar-refractivity contribution >= 4 is 22.9 Å². The fourth-order valence-corrected chi connectivity index (χ4v) is 3.78. The van der Waals surface area contributed by atoms with Crippen molar-refractivity contribution in [3.05, 3.63) is 24.2 Å². The molecule has 11 heteroatoms. The maximum absolute atomic E-state index is 12.5. The number of rotatable bonds is 7. The molecule has 2 atom stereocenters. The summed E-state index contributed by atoms with van der Waals surface area (Å²) in [7, 11) is 0. The van der Waals surface area contributed by atoms with Crippen LogP contribution in [0.25, 0.3) is 22.6 Å². The fraction of sp³-hybridized carbons (Fsp3) is 0.500. The normalized spacial score (nSPS) is 19.1. The smallest absolute Gasteiger partial charge is 0.390 e. The number of hydrogen-bond acceptors (Lipinski definition) is 8. The van der Waals surface area contributed by atoms with Crippen molar-refractivity contribution in [3.63, 3.8) is 0 Å². The monoisotopic (exact) mass is 436 g/mol. The number of aliphatic hydroxyl groups is 1. The highest BCUT2D eigenvalue weighted by Gasteiger charge is 2.28. The molecule has 1 aliphatic carbocycles. The number of nitrogens with one attached hydrogen (secondary N) is 2. The van der Waals surface area contributed by atoms with Crippen LogP contribution in [-0.2, 0) is 0 Å². The first-order valence-electron chi connectivity index (χ1n) is 10.1. The van der Waals surface area contributed by atoms with Gasteiger partial charge in [-0.1, -0.05) is 0 Å². The first-order chi connectivity index (χ1) is 14.8. The molecule has 1 unspecified atom stereocenters. The Morgan fingerprint density at radius 1 is 1.23 bits per heavy atom. The number of anilines is 2. The largest absolute Gasteiger partial charge is 0.436 e. The highest BCUT2D eigenvalue weighted by Crippen LogP contribution is 2.35. The average molecular weight is 436 g/mol. The molecule has 4 rings (SSSR count). The van der Waals surface area contributed by atoms with E-state index in [4.69, 9.17) is 4.42 Å². The van der Waals surface area contributed by atoms with Crippen LogP contribution in [0.4, 0.5) is 24.9 Å². The number of halogens is 3. The van der Waals surface area contributed by atoms with E-state index in [9.17, 15) is 18.3 Å². The lowest BCUT2D eigenvalue weighted by atomic mass is 10.1. The van der Waals surface area contributed by atoms with Gasteiger partial charge >= 0.3 is 6.18 Å². The molecule has 1 saturated carbocycles. The lowest BCUT2D eigenvalue weighted by Crippen LogP contribution is -2.20. The summed E-state index contributed by atoms with van der Waals surface area (Å²) in [4.78, 5) is 17.3. The zero-order chi connectivity index (χ0) is 22.0. The van der Waals surface area contributed by atoms with Gasteiger partial charge in [0, 0.05) is 31.5 Å². The lowest BCUT2D eigenvalue weighted by molar-refractivity contribution is -0.131. The predicted molar refractivity (Wildman–Crippen MR) is 109 cm³/mol. The lowest BCUT2D eigenvalue weighted by Gasteiger charge is -2.18. The third-order valence-corrected chi connectivity index (χ3v) is 5.33. The Bertz CT molecular complexity index is 1020. The molecule has 0 amide bonds. The SMILES string of the molecule is Cc1nc(NCCC(F)(F)F)nc(N[C@H]2CCC(CO)C2)c1-c1nc2cnccc2o1. The number of oxazole rings is 1. The Hall–Kier alpha value is -2.95. The molecule has 8 nitrogen and oxygen atoms in total. The number of aryl methyl sites for hydroxylation is 1. The molecule has 3 heterocycles. The molecule has 1 aliphatic rings. The van der Waals surface area contributed by atoms with Gasteiger partial charge in [-0.15, -0.1) is 0 Å². The van der Waals surface area contributed by atoms with E-state index in [2.05, 4.69) is 30.6 Å². The Labute approximate surface area is 176 Å². The van der Waals surface area contributed by atoms with E-state index in [1.807, 2.05) is 0 Å². The zero-order valence-corrected chi connectivity index (χ0v) is 16.9. The third kappa shape index (κ3) is 5.04. The Kier molecular flexibility index (Phi) is 5.94. The van der Waals surface area contributed by atoms with E-state index in [1.165, 1.54) is 0 Å². The predicted octanol–water partition coefficient (Wildman–Crippen LogP) is 3.93. The first kappa shape index (κ1) is 21.3. The molecule has 3 aromatic rings. The van der Waals surface area contributed by atoms with Crippen molar-refractivity contribution in [3.8, 4) is 11.5 Å². The molecule has 166 valence electrons. The van der Waals surface area contributed by atoms with Crippen LogP contribution in [-0.4, -0.2) is 50.4 Å². The highest BCUT2D eigenvalue weighted by molar-refractivity contribution is 5.79. The second kappa shape index (κ2) is 8.66. The summed E-state index contributed by atoms with van der Waals surface area (Å²) < 4.78 is 43.4. The molecule has 0 radical (unpaired) electrons. The molecular formula is C20H23F3N6O2. The summed E-state index contributed by atoms with van der Waals surface area (Å²) in [5.41, 5.74) is 2.20. The zero-order valence-electron chi connectivity index (χ0n) is 16.9. The second-order valence-corrected chi connectivity index (χ2v) is 7.71. The number of hydrogen-bond donors (Lipinski definition) is 3. The van der Waals surface area contributed by atoms with Crippen LogP contribution in [0.5, 0.6) is 0 Å². The molecule has 31 heavy (non-hydrogen) atoms. The maximum atomic E-state index is 12.5. The van der Waals surface area contributed by atoms with Crippen LogP contribution >= 0.6 is 0 Å². The van der Waals surface area contributed by atoms with E-state index in [-0.39, 0.29) is 31.1 Å². The number of pyridine rings is 1. The van der Waals surface area contributed by atoms with E-state index in [0.29, 0.717) is 34.1 Å². The second-order valence-electron chi connectivity index (χ2n) is 7.71. The van der Waals surface area contributed by atoms with E-state index in [0.717, 1.165) is 19.3 Å². The molecule has 3 N–H and O–H groups in total. The van der Waals surface area contributed by atoms with E-state index >= 15 is 0 Å². The van der Waals surface area contributed by atoms with Gasteiger partial charge in [0.15, 0.2) is 5.58 Å². The number of aromatic nitrogens is 4. The highest BCUT2D eigenvalue weighted by atomic mass is 19.4. The fourth-order valence-electron chi connectivity index (χ4n) is 3.78. The van der Waals surface area contributed by atoms with Crippen molar-refractivity contribution in [2.75, 3.05) is 23.8 Å². The number of alkyl halides is 3. The number of aliphatic hydroxyl groups excluding tert-OH is 1. The van der Waals surface area contributed by atoms with Crippen LogP contribution in [0.2, 0.25) is 0 Å². The molecule has 0 aromatic carbocycles. The van der Waals surface area contributed by atoms with Gasteiger partial charge in [0.1, 0.15) is 16.9 Å². The average Bonchev–Trinajstić information content (AvgIpc) is 3.33. The van der Waals surface area contributed by atoms with Crippen molar-refractivity contribution in [2.45, 2.75) is 44.8 Å². The molecule has 0 bridgehead atoms.